The van der Waals surface area contributed by atoms with Crippen LogP contribution >= 0.6 is 0 Å². The van der Waals surface area contributed by atoms with E-state index in [4.69, 9.17) is 5.73 Å². The van der Waals surface area contributed by atoms with E-state index in [0.29, 0.717) is 34.8 Å². The maximum atomic E-state index is 12.8. The van der Waals surface area contributed by atoms with Gasteiger partial charge in [0.05, 0.1) is 11.2 Å². The van der Waals surface area contributed by atoms with Crippen molar-refractivity contribution in [2.75, 3.05) is 32.4 Å². The van der Waals surface area contributed by atoms with Gasteiger partial charge >= 0.3 is 6.18 Å². The number of benzene rings is 1. The summed E-state index contributed by atoms with van der Waals surface area (Å²) in [6.07, 6.45) is -3.00. The lowest BCUT2D eigenvalue weighted by atomic mass is 9.77. The first-order chi connectivity index (χ1) is 15.5. The van der Waals surface area contributed by atoms with Crippen LogP contribution in [0, 0.1) is 0 Å². The minimum Gasteiger partial charge on any atom is -0.384 e. The van der Waals surface area contributed by atoms with Crippen LogP contribution in [0.5, 0.6) is 0 Å². The highest BCUT2D eigenvalue weighted by Gasteiger charge is 2.45. The summed E-state index contributed by atoms with van der Waals surface area (Å²) < 4.78 is 39.4. The highest BCUT2D eigenvalue weighted by Crippen LogP contribution is 2.38. The summed E-state index contributed by atoms with van der Waals surface area (Å²) in [5.41, 5.74) is 6.99. The Labute approximate surface area is 187 Å². The number of hydrogen-bond donors (Lipinski definition) is 1. The molecular formula is C22H23F3N6O2. The molecule has 1 aliphatic rings. The quantitative estimate of drug-likeness (QED) is 0.631. The Morgan fingerprint density at radius 3 is 2.58 bits per heavy atom. The lowest BCUT2D eigenvalue weighted by Crippen LogP contribution is -2.59. The summed E-state index contributed by atoms with van der Waals surface area (Å²) in [6, 6.07) is 10.4. The Bertz CT molecular complexity index is 1220. The lowest BCUT2D eigenvalue weighted by molar-refractivity contribution is -0.158. The molecule has 3 aromatic rings. The van der Waals surface area contributed by atoms with Crippen molar-refractivity contribution in [3.8, 4) is 0 Å². The van der Waals surface area contributed by atoms with Crippen LogP contribution in [0.4, 0.5) is 19.0 Å². The maximum Gasteiger partial charge on any atom is 0.406 e. The molecule has 33 heavy (non-hydrogen) atoms. The van der Waals surface area contributed by atoms with Crippen LogP contribution in [0.3, 0.4) is 0 Å². The lowest BCUT2D eigenvalue weighted by Gasteiger charge is -2.47. The fourth-order valence-electron chi connectivity index (χ4n) is 4.15. The molecule has 4 rings (SSSR count). The molecule has 2 amide bonds. The molecule has 3 heterocycles. The Balaban J connectivity index is 1.56. The van der Waals surface area contributed by atoms with E-state index in [1.165, 1.54) is 16.9 Å². The summed E-state index contributed by atoms with van der Waals surface area (Å²) in [7, 11) is 1.12. The number of halogens is 3. The number of likely N-dealkylation sites (N-methyl/N-ethyl adjacent to an activating group) is 1. The van der Waals surface area contributed by atoms with E-state index in [0.717, 1.165) is 12.4 Å². The van der Waals surface area contributed by atoms with Crippen LogP contribution in [0.15, 0.2) is 42.6 Å². The van der Waals surface area contributed by atoms with E-state index in [-0.39, 0.29) is 18.3 Å². The molecule has 0 atom stereocenters. The van der Waals surface area contributed by atoms with Crippen molar-refractivity contribution in [3.05, 3.63) is 53.9 Å². The monoisotopic (exact) mass is 460 g/mol. The molecule has 0 bridgehead atoms. The number of nitrogen functional groups attached to an aromatic ring is 1. The topological polar surface area (TPSA) is 97.4 Å². The van der Waals surface area contributed by atoms with Crippen molar-refractivity contribution in [3.63, 3.8) is 0 Å². The number of likely N-dealkylation sites (tertiary alicyclic amines) is 1. The summed E-state index contributed by atoms with van der Waals surface area (Å²) in [4.78, 5) is 31.4. The molecule has 1 aliphatic heterocycles. The Morgan fingerprint density at radius 2 is 1.91 bits per heavy atom. The van der Waals surface area contributed by atoms with Crippen molar-refractivity contribution in [2.45, 2.75) is 25.1 Å². The Kier molecular flexibility index (Phi) is 5.51. The Hall–Kier alpha value is -3.63. The molecule has 0 spiro atoms. The molecule has 0 aliphatic carbocycles. The number of aromatic nitrogens is 3. The second-order valence-electron chi connectivity index (χ2n) is 8.58. The Morgan fingerprint density at radius 1 is 1.21 bits per heavy atom. The minimum atomic E-state index is -4.48. The average molecular weight is 460 g/mol. The fourth-order valence-corrected chi connectivity index (χ4v) is 4.15. The smallest absolute Gasteiger partial charge is 0.384 e. The highest BCUT2D eigenvalue weighted by molar-refractivity contribution is 5.96. The van der Waals surface area contributed by atoms with Gasteiger partial charge in [0.15, 0.2) is 0 Å². The molecule has 8 nitrogen and oxygen atoms in total. The number of hydrogen-bond acceptors (Lipinski definition) is 5. The van der Waals surface area contributed by atoms with Crippen LogP contribution in [0.1, 0.15) is 23.0 Å². The standard InChI is InChI=1S/C22H23F3N6O2/c1-21(11-30(12-21)20(33)14-7-8-27-17(26)9-14)19-15-5-3-4-6-16(15)31(28-19)10-18(32)29(2)13-22(23,24)25/h3-9H,10-13H2,1-2H3,(H2,26,27). The van der Waals surface area contributed by atoms with Crippen LogP contribution in [-0.4, -0.2) is 69.2 Å². The first-order valence-electron chi connectivity index (χ1n) is 10.2. The van der Waals surface area contributed by atoms with E-state index in [9.17, 15) is 22.8 Å². The number of nitrogens with zero attached hydrogens (tertiary/aromatic N) is 5. The number of para-hydroxylation sites is 1. The summed E-state index contributed by atoms with van der Waals surface area (Å²) in [5.74, 6) is -0.610. The van der Waals surface area contributed by atoms with Gasteiger partial charge in [0.25, 0.3) is 5.91 Å². The van der Waals surface area contributed by atoms with Crippen LogP contribution in [0.25, 0.3) is 10.9 Å². The third-order valence-corrected chi connectivity index (χ3v) is 5.75. The van der Waals surface area contributed by atoms with Gasteiger partial charge in [-0.1, -0.05) is 25.1 Å². The predicted molar refractivity (Wildman–Crippen MR) is 115 cm³/mol. The van der Waals surface area contributed by atoms with Gasteiger partial charge in [-0.25, -0.2) is 4.98 Å². The largest absolute Gasteiger partial charge is 0.406 e. The summed E-state index contributed by atoms with van der Waals surface area (Å²) in [6.45, 7) is 1.12. The summed E-state index contributed by atoms with van der Waals surface area (Å²) >= 11 is 0. The molecule has 1 aromatic carbocycles. The van der Waals surface area contributed by atoms with E-state index in [1.807, 2.05) is 19.1 Å². The molecule has 0 saturated carbocycles. The van der Waals surface area contributed by atoms with Crippen LogP contribution in [0.2, 0.25) is 0 Å². The van der Waals surface area contributed by atoms with Crippen molar-refractivity contribution in [1.82, 2.24) is 24.6 Å². The number of carbonyl (C=O) groups excluding carboxylic acids is 2. The van der Waals surface area contributed by atoms with Crippen LogP contribution < -0.4 is 5.73 Å². The molecule has 2 N–H and O–H groups in total. The fraction of sp³-hybridized carbons (Fsp3) is 0.364. The summed E-state index contributed by atoms with van der Waals surface area (Å²) in [5, 5.41) is 5.40. The molecule has 0 radical (unpaired) electrons. The number of fused-ring (bicyclic) bond motifs is 1. The molecule has 2 aromatic heterocycles. The zero-order chi connectivity index (χ0) is 24.0. The van der Waals surface area contributed by atoms with Gasteiger partial charge in [-0.15, -0.1) is 0 Å². The number of alkyl halides is 3. The van der Waals surface area contributed by atoms with E-state index in [2.05, 4.69) is 10.1 Å². The van der Waals surface area contributed by atoms with Crippen LogP contribution in [-0.2, 0) is 16.8 Å². The highest BCUT2D eigenvalue weighted by atomic mass is 19.4. The minimum absolute atomic E-state index is 0.172. The number of carbonyl (C=O) groups is 2. The van der Waals surface area contributed by atoms with Crippen molar-refractivity contribution in [1.29, 1.82) is 0 Å². The SMILES string of the molecule is CN(CC(F)(F)F)C(=O)Cn1nc(C2(C)CN(C(=O)c3ccnc(N)c3)C2)c2ccccc21. The molecule has 0 unspecified atom stereocenters. The van der Waals surface area contributed by atoms with Gasteiger partial charge < -0.3 is 15.5 Å². The molecular weight excluding hydrogens is 437 g/mol. The van der Waals surface area contributed by atoms with Crippen molar-refractivity contribution in [2.24, 2.45) is 0 Å². The molecule has 11 heteroatoms. The van der Waals surface area contributed by atoms with Crippen molar-refractivity contribution >= 4 is 28.5 Å². The first-order valence-corrected chi connectivity index (χ1v) is 10.2. The average Bonchev–Trinajstić information content (AvgIpc) is 3.08. The molecule has 174 valence electrons. The third kappa shape index (κ3) is 4.48. The van der Waals surface area contributed by atoms with Gasteiger partial charge in [-0.05, 0) is 18.2 Å². The zero-order valence-electron chi connectivity index (χ0n) is 18.1. The van der Waals surface area contributed by atoms with E-state index in [1.54, 1.807) is 23.1 Å². The van der Waals surface area contributed by atoms with E-state index < -0.39 is 24.0 Å². The van der Waals surface area contributed by atoms with Gasteiger partial charge in [-0.3, -0.25) is 14.3 Å². The van der Waals surface area contributed by atoms with Gasteiger partial charge in [0.1, 0.15) is 18.9 Å². The van der Waals surface area contributed by atoms with Gasteiger partial charge in [0, 0.05) is 42.7 Å². The number of rotatable bonds is 5. The predicted octanol–water partition coefficient (Wildman–Crippen LogP) is 2.45. The van der Waals surface area contributed by atoms with Crippen molar-refractivity contribution < 1.29 is 22.8 Å². The van der Waals surface area contributed by atoms with Gasteiger partial charge in [0.2, 0.25) is 5.91 Å². The number of nitrogens with two attached hydrogens (primary N) is 1. The van der Waals surface area contributed by atoms with E-state index >= 15 is 0 Å². The number of amides is 2. The maximum absolute atomic E-state index is 12.8. The number of anilines is 1. The second-order valence-corrected chi connectivity index (χ2v) is 8.58. The molecule has 1 saturated heterocycles. The first kappa shape index (κ1) is 22.6. The zero-order valence-corrected chi connectivity index (χ0v) is 18.1. The third-order valence-electron chi connectivity index (χ3n) is 5.75. The molecule has 1 fully saturated rings. The normalized spacial score (nSPS) is 15.4. The number of pyridine rings is 1. The van der Waals surface area contributed by atoms with Gasteiger partial charge in [-0.2, -0.15) is 18.3 Å². The second kappa shape index (κ2) is 8.05.